The van der Waals surface area contributed by atoms with Crippen LogP contribution in [0.5, 0.6) is 0 Å². The molecule has 2 rings (SSSR count). The highest BCUT2D eigenvalue weighted by Gasteiger charge is 2.23. The minimum Gasteiger partial charge on any atom is -0.309 e. The Morgan fingerprint density at radius 1 is 1.38 bits per heavy atom. The highest BCUT2D eigenvalue weighted by atomic mass is 79.9. The molecule has 2 aromatic heterocycles. The normalized spacial score (nSPS) is 13.1. The van der Waals surface area contributed by atoms with Gasteiger partial charge in [0.2, 0.25) is 0 Å². The second kappa shape index (κ2) is 6.98. The summed E-state index contributed by atoms with van der Waals surface area (Å²) in [6, 6.07) is 0.221. The SMILES string of the molecule is CCNC(Cc1c(Br)c(C)nn1C)c1snnc1C(C)C. The third-order valence-electron chi connectivity index (χ3n) is 3.51. The van der Waals surface area contributed by atoms with Gasteiger partial charge < -0.3 is 5.32 Å². The molecule has 0 spiro atoms. The van der Waals surface area contributed by atoms with Crippen LogP contribution in [0.1, 0.15) is 54.7 Å². The summed E-state index contributed by atoms with van der Waals surface area (Å²) >= 11 is 5.15. The van der Waals surface area contributed by atoms with E-state index in [9.17, 15) is 0 Å². The number of nitrogens with one attached hydrogen (secondary N) is 1. The van der Waals surface area contributed by atoms with E-state index < -0.39 is 0 Å². The van der Waals surface area contributed by atoms with Crippen molar-refractivity contribution in [2.75, 3.05) is 6.54 Å². The molecule has 0 fully saturated rings. The van der Waals surface area contributed by atoms with Crippen molar-refractivity contribution in [3.8, 4) is 0 Å². The van der Waals surface area contributed by atoms with Crippen LogP contribution < -0.4 is 5.32 Å². The number of hydrogen-bond donors (Lipinski definition) is 1. The van der Waals surface area contributed by atoms with E-state index in [1.165, 1.54) is 22.1 Å². The summed E-state index contributed by atoms with van der Waals surface area (Å²) in [5.74, 6) is 0.386. The zero-order chi connectivity index (χ0) is 15.6. The lowest BCUT2D eigenvalue weighted by Crippen LogP contribution is -2.24. The van der Waals surface area contributed by atoms with Gasteiger partial charge in [0.1, 0.15) is 0 Å². The summed E-state index contributed by atoms with van der Waals surface area (Å²) < 4.78 is 7.20. The zero-order valence-corrected chi connectivity index (χ0v) is 15.5. The molecule has 5 nitrogen and oxygen atoms in total. The van der Waals surface area contributed by atoms with Crippen LogP contribution >= 0.6 is 27.5 Å². The molecule has 21 heavy (non-hydrogen) atoms. The van der Waals surface area contributed by atoms with Gasteiger partial charge >= 0.3 is 0 Å². The Hall–Kier alpha value is -0.790. The van der Waals surface area contributed by atoms with Gasteiger partial charge in [0, 0.05) is 13.5 Å². The molecular formula is C14H22BrN5S. The van der Waals surface area contributed by atoms with Gasteiger partial charge in [-0.25, -0.2) is 0 Å². The Morgan fingerprint density at radius 3 is 2.62 bits per heavy atom. The molecular weight excluding hydrogens is 350 g/mol. The van der Waals surface area contributed by atoms with Gasteiger partial charge in [-0.05, 0) is 46.8 Å². The zero-order valence-electron chi connectivity index (χ0n) is 13.1. The van der Waals surface area contributed by atoms with E-state index in [1.807, 2.05) is 18.7 Å². The fraction of sp³-hybridized carbons (Fsp3) is 0.643. The number of hydrogen-bond acceptors (Lipinski definition) is 5. The van der Waals surface area contributed by atoms with Crippen LogP contribution in [0.15, 0.2) is 4.47 Å². The minimum atomic E-state index is 0.221. The van der Waals surface area contributed by atoms with Gasteiger partial charge in [0.25, 0.3) is 0 Å². The van der Waals surface area contributed by atoms with Crippen LogP contribution in [0.3, 0.4) is 0 Å². The predicted octanol–water partition coefficient (Wildman–Crippen LogP) is 3.36. The Balaban J connectivity index is 2.33. The summed E-state index contributed by atoms with van der Waals surface area (Å²) in [5.41, 5.74) is 3.32. The van der Waals surface area contributed by atoms with E-state index in [4.69, 9.17) is 0 Å². The highest BCUT2D eigenvalue weighted by molar-refractivity contribution is 9.10. The monoisotopic (exact) mass is 371 g/mol. The van der Waals surface area contributed by atoms with Crippen molar-refractivity contribution in [2.45, 2.75) is 46.1 Å². The lowest BCUT2D eigenvalue weighted by atomic mass is 10.0. The Morgan fingerprint density at radius 2 is 2.10 bits per heavy atom. The van der Waals surface area contributed by atoms with Crippen LogP contribution in [0, 0.1) is 6.92 Å². The summed E-state index contributed by atoms with van der Waals surface area (Å²) in [4.78, 5) is 1.23. The van der Waals surface area contributed by atoms with Crippen molar-refractivity contribution < 1.29 is 0 Å². The quantitative estimate of drug-likeness (QED) is 0.845. The van der Waals surface area contributed by atoms with Gasteiger partial charge in [-0.2, -0.15) is 5.10 Å². The van der Waals surface area contributed by atoms with Crippen molar-refractivity contribution in [3.63, 3.8) is 0 Å². The first kappa shape index (κ1) is 16.6. The lowest BCUT2D eigenvalue weighted by molar-refractivity contribution is 0.528. The van der Waals surface area contributed by atoms with Crippen LogP contribution in [0.4, 0.5) is 0 Å². The Kier molecular flexibility index (Phi) is 5.51. The van der Waals surface area contributed by atoms with Crippen molar-refractivity contribution in [2.24, 2.45) is 7.05 Å². The predicted molar refractivity (Wildman–Crippen MR) is 89.8 cm³/mol. The molecule has 7 heteroatoms. The Bertz CT molecular complexity index is 605. The van der Waals surface area contributed by atoms with Gasteiger partial charge in [0.15, 0.2) is 0 Å². The van der Waals surface area contributed by atoms with E-state index >= 15 is 0 Å². The molecule has 1 atom stereocenters. The molecule has 116 valence electrons. The van der Waals surface area contributed by atoms with E-state index in [0.29, 0.717) is 5.92 Å². The molecule has 0 saturated heterocycles. The fourth-order valence-corrected chi connectivity index (χ4v) is 3.82. The summed E-state index contributed by atoms with van der Waals surface area (Å²) in [6.45, 7) is 9.37. The average Bonchev–Trinajstić information content (AvgIpc) is 2.99. The largest absolute Gasteiger partial charge is 0.309 e. The molecule has 0 radical (unpaired) electrons. The van der Waals surface area contributed by atoms with Crippen LogP contribution in [0.25, 0.3) is 0 Å². The molecule has 0 aromatic carbocycles. The van der Waals surface area contributed by atoms with E-state index in [2.05, 4.69) is 56.7 Å². The molecule has 0 aliphatic carbocycles. The first-order valence-corrected chi connectivity index (χ1v) is 8.75. The third kappa shape index (κ3) is 3.52. The van der Waals surface area contributed by atoms with E-state index in [-0.39, 0.29) is 6.04 Å². The molecule has 2 heterocycles. The molecule has 0 bridgehead atoms. The molecule has 1 unspecified atom stereocenters. The van der Waals surface area contributed by atoms with Crippen LogP contribution in [0.2, 0.25) is 0 Å². The van der Waals surface area contributed by atoms with Crippen molar-refractivity contribution in [1.29, 1.82) is 0 Å². The number of aromatic nitrogens is 4. The second-order valence-corrected chi connectivity index (χ2v) is 7.04. The number of likely N-dealkylation sites (N-methyl/N-ethyl adjacent to an activating group) is 1. The fourth-order valence-electron chi connectivity index (χ4n) is 2.45. The minimum absolute atomic E-state index is 0.221. The lowest BCUT2D eigenvalue weighted by Gasteiger charge is -2.18. The molecule has 0 saturated carbocycles. The number of aryl methyl sites for hydroxylation is 2. The van der Waals surface area contributed by atoms with E-state index in [1.54, 1.807) is 0 Å². The maximum absolute atomic E-state index is 4.48. The van der Waals surface area contributed by atoms with Gasteiger partial charge in [-0.3, -0.25) is 4.68 Å². The number of halogens is 1. The van der Waals surface area contributed by atoms with Gasteiger partial charge in [0.05, 0.1) is 32.5 Å². The van der Waals surface area contributed by atoms with Crippen LogP contribution in [-0.2, 0) is 13.5 Å². The Labute approximate surface area is 138 Å². The first-order valence-electron chi connectivity index (χ1n) is 7.19. The molecule has 0 amide bonds. The third-order valence-corrected chi connectivity index (χ3v) is 5.40. The maximum Gasteiger partial charge on any atom is 0.0829 e. The standard InChI is InChI=1S/C14H22BrN5S/c1-6-16-10(14-13(8(2)3)17-19-21-14)7-11-12(15)9(4)18-20(11)5/h8,10,16H,6-7H2,1-5H3. The van der Waals surface area contributed by atoms with Crippen LogP contribution in [-0.4, -0.2) is 25.9 Å². The van der Waals surface area contributed by atoms with Gasteiger partial charge in [-0.15, -0.1) is 5.10 Å². The maximum atomic E-state index is 4.48. The summed E-state index contributed by atoms with van der Waals surface area (Å²) in [6.07, 6.45) is 0.870. The highest BCUT2D eigenvalue weighted by Crippen LogP contribution is 2.31. The van der Waals surface area contributed by atoms with Crippen molar-refractivity contribution in [1.82, 2.24) is 24.7 Å². The van der Waals surface area contributed by atoms with Crippen molar-refractivity contribution >= 4 is 27.5 Å². The van der Waals surface area contributed by atoms with Gasteiger partial charge in [-0.1, -0.05) is 25.3 Å². The second-order valence-electron chi connectivity index (χ2n) is 5.46. The summed E-state index contributed by atoms with van der Waals surface area (Å²) in [5, 5.41) is 12.3. The molecule has 2 aromatic rings. The topological polar surface area (TPSA) is 55.6 Å². The van der Waals surface area contributed by atoms with Crippen molar-refractivity contribution in [3.05, 3.63) is 26.4 Å². The first-order chi connectivity index (χ1) is 9.95. The number of nitrogens with zero attached hydrogens (tertiary/aromatic N) is 4. The molecule has 1 N–H and O–H groups in total. The molecule has 0 aliphatic heterocycles. The molecule has 0 aliphatic rings. The number of rotatable bonds is 6. The van der Waals surface area contributed by atoms with E-state index in [0.717, 1.165) is 28.8 Å². The summed E-state index contributed by atoms with van der Waals surface area (Å²) in [7, 11) is 1.99. The average molecular weight is 372 g/mol. The smallest absolute Gasteiger partial charge is 0.0829 e.